The number of carbonyl (C=O) groups excluding carboxylic acids is 2. The van der Waals surface area contributed by atoms with Crippen LogP contribution in [-0.4, -0.2) is 22.7 Å². The highest BCUT2D eigenvalue weighted by molar-refractivity contribution is 7.99. The van der Waals surface area contributed by atoms with Crippen LogP contribution in [0.5, 0.6) is 0 Å². The Morgan fingerprint density at radius 3 is 2.25 bits per heavy atom. The van der Waals surface area contributed by atoms with Gasteiger partial charge in [-0.1, -0.05) is 13.8 Å². The van der Waals surface area contributed by atoms with Gasteiger partial charge in [0.2, 0.25) is 11.6 Å². The first-order valence-electron chi connectivity index (χ1n) is 4.94. The van der Waals surface area contributed by atoms with Crippen LogP contribution in [0.3, 0.4) is 0 Å². The van der Waals surface area contributed by atoms with E-state index in [0.29, 0.717) is 10.8 Å². The molecule has 16 heavy (non-hydrogen) atoms. The number of carbonyl (C=O) groups is 2. The zero-order chi connectivity index (χ0) is 12.1. The molecule has 0 aliphatic rings. The average Bonchev–Trinajstić information content (AvgIpc) is 2.27. The normalized spacial score (nSPS) is 10.5. The fraction of sp³-hybridized carbons (Fsp3) is 0.333. The van der Waals surface area contributed by atoms with E-state index in [4.69, 9.17) is 11.6 Å². The number of rotatable bonds is 5. The molecule has 1 rings (SSSR count). The highest BCUT2D eigenvalue weighted by atomic mass is 35.5. The average molecular weight is 257 g/mol. The largest absolute Gasteiger partial charge is 0.289 e. The van der Waals surface area contributed by atoms with Crippen LogP contribution in [0.25, 0.3) is 0 Å². The van der Waals surface area contributed by atoms with Crippen LogP contribution in [0.1, 0.15) is 24.2 Å². The van der Waals surface area contributed by atoms with Crippen molar-refractivity contribution in [3.05, 3.63) is 29.8 Å². The predicted molar refractivity (Wildman–Crippen MR) is 67.5 cm³/mol. The number of Topliss-reactive ketones (excluding diaryl/α,β-unsaturated/α-hetero) is 2. The molecule has 1 aromatic rings. The summed E-state index contributed by atoms with van der Waals surface area (Å²) in [5.41, 5.74) is 0.402. The lowest BCUT2D eigenvalue weighted by Gasteiger charge is -2.05. The summed E-state index contributed by atoms with van der Waals surface area (Å²) in [6, 6.07) is 7.02. The molecule has 86 valence electrons. The SMILES string of the molecule is CC(C)Sc1ccc(C(=O)C(=O)CCl)cc1. The van der Waals surface area contributed by atoms with E-state index in [2.05, 4.69) is 13.8 Å². The van der Waals surface area contributed by atoms with Crippen molar-refractivity contribution in [1.82, 2.24) is 0 Å². The summed E-state index contributed by atoms with van der Waals surface area (Å²) < 4.78 is 0. The molecule has 0 amide bonds. The molecule has 2 nitrogen and oxygen atoms in total. The van der Waals surface area contributed by atoms with Crippen LogP contribution in [0.15, 0.2) is 29.2 Å². The van der Waals surface area contributed by atoms with Crippen molar-refractivity contribution in [2.24, 2.45) is 0 Å². The molecule has 0 bridgehead atoms. The number of alkyl halides is 1. The lowest BCUT2D eigenvalue weighted by atomic mass is 10.1. The number of halogens is 1. The van der Waals surface area contributed by atoms with Crippen molar-refractivity contribution in [1.29, 1.82) is 0 Å². The molecule has 0 aromatic heterocycles. The first-order valence-corrected chi connectivity index (χ1v) is 6.36. The van der Waals surface area contributed by atoms with Gasteiger partial charge in [-0.2, -0.15) is 0 Å². The second kappa shape index (κ2) is 6.06. The van der Waals surface area contributed by atoms with Crippen LogP contribution in [0.4, 0.5) is 0 Å². The molecule has 0 aliphatic heterocycles. The Morgan fingerprint density at radius 1 is 1.25 bits per heavy atom. The Kier molecular flexibility index (Phi) is 5.03. The van der Waals surface area contributed by atoms with Crippen LogP contribution in [0.2, 0.25) is 0 Å². The molecule has 0 N–H and O–H groups in total. The van der Waals surface area contributed by atoms with E-state index in [1.165, 1.54) is 0 Å². The summed E-state index contributed by atoms with van der Waals surface area (Å²) in [5, 5.41) is 0.492. The van der Waals surface area contributed by atoms with Gasteiger partial charge in [0.15, 0.2) is 0 Å². The molecule has 0 unspecified atom stereocenters. The molecule has 0 heterocycles. The maximum absolute atomic E-state index is 11.5. The molecule has 0 fully saturated rings. The van der Waals surface area contributed by atoms with Crippen LogP contribution in [0, 0.1) is 0 Å². The Hall–Kier alpha value is -0.800. The smallest absolute Gasteiger partial charge is 0.229 e. The summed E-state index contributed by atoms with van der Waals surface area (Å²) in [4.78, 5) is 23.6. The minimum absolute atomic E-state index is 0.263. The quantitative estimate of drug-likeness (QED) is 0.351. The molecular weight excluding hydrogens is 244 g/mol. The molecule has 0 aliphatic carbocycles. The lowest BCUT2D eigenvalue weighted by molar-refractivity contribution is -0.112. The third-order valence-electron chi connectivity index (χ3n) is 1.86. The van der Waals surface area contributed by atoms with E-state index < -0.39 is 11.6 Å². The maximum atomic E-state index is 11.5. The molecular formula is C12H13ClO2S. The molecule has 0 atom stereocenters. The number of ketones is 2. The molecule has 4 heteroatoms. The van der Waals surface area contributed by atoms with Gasteiger partial charge in [-0.05, 0) is 24.3 Å². The second-order valence-corrected chi connectivity index (χ2v) is 5.49. The monoisotopic (exact) mass is 256 g/mol. The molecule has 0 saturated carbocycles. The fourth-order valence-electron chi connectivity index (χ4n) is 1.18. The van der Waals surface area contributed by atoms with Crippen molar-refractivity contribution < 1.29 is 9.59 Å². The number of hydrogen-bond acceptors (Lipinski definition) is 3. The number of thioether (sulfide) groups is 1. The van der Waals surface area contributed by atoms with Crippen molar-refractivity contribution in [2.75, 3.05) is 5.88 Å². The molecule has 0 spiro atoms. The minimum atomic E-state index is -0.564. The first-order chi connectivity index (χ1) is 7.54. The van der Waals surface area contributed by atoms with E-state index in [1.807, 2.05) is 12.1 Å². The van der Waals surface area contributed by atoms with Gasteiger partial charge in [-0.3, -0.25) is 9.59 Å². The summed E-state index contributed by atoms with van der Waals surface area (Å²) in [6.07, 6.45) is 0. The Morgan fingerprint density at radius 2 is 1.81 bits per heavy atom. The molecule has 0 radical (unpaired) electrons. The van der Waals surface area contributed by atoms with Crippen LogP contribution < -0.4 is 0 Å². The number of benzene rings is 1. The standard InChI is InChI=1S/C12H13ClO2S/c1-8(2)16-10-5-3-9(4-6-10)12(15)11(14)7-13/h3-6,8H,7H2,1-2H3. The third kappa shape index (κ3) is 3.65. The summed E-state index contributed by atoms with van der Waals surface area (Å²) >= 11 is 7.03. The van der Waals surface area contributed by atoms with Gasteiger partial charge in [0.05, 0.1) is 5.88 Å². The maximum Gasteiger partial charge on any atom is 0.229 e. The van der Waals surface area contributed by atoms with Gasteiger partial charge in [-0.15, -0.1) is 23.4 Å². The van der Waals surface area contributed by atoms with Crippen molar-refractivity contribution >= 4 is 34.9 Å². The zero-order valence-electron chi connectivity index (χ0n) is 9.20. The van der Waals surface area contributed by atoms with Crippen LogP contribution in [-0.2, 0) is 4.79 Å². The van der Waals surface area contributed by atoms with E-state index in [1.54, 1.807) is 23.9 Å². The second-order valence-electron chi connectivity index (χ2n) is 3.58. The Balaban J connectivity index is 2.78. The highest BCUT2D eigenvalue weighted by Gasteiger charge is 2.14. The lowest BCUT2D eigenvalue weighted by Crippen LogP contribution is -2.15. The topological polar surface area (TPSA) is 34.1 Å². The van der Waals surface area contributed by atoms with Crippen LogP contribution >= 0.6 is 23.4 Å². The highest BCUT2D eigenvalue weighted by Crippen LogP contribution is 2.22. The van der Waals surface area contributed by atoms with Crippen molar-refractivity contribution in [3.63, 3.8) is 0 Å². The minimum Gasteiger partial charge on any atom is -0.289 e. The van der Waals surface area contributed by atoms with Crippen molar-refractivity contribution in [2.45, 2.75) is 24.0 Å². The summed E-state index contributed by atoms with van der Waals surface area (Å²) in [7, 11) is 0. The van der Waals surface area contributed by atoms with Gasteiger partial charge in [0, 0.05) is 15.7 Å². The van der Waals surface area contributed by atoms with Gasteiger partial charge >= 0.3 is 0 Å². The van der Waals surface area contributed by atoms with E-state index in [9.17, 15) is 9.59 Å². The summed E-state index contributed by atoms with van der Waals surface area (Å²) in [6.45, 7) is 4.20. The molecule has 0 saturated heterocycles. The van der Waals surface area contributed by atoms with Gasteiger partial charge in [0.25, 0.3) is 0 Å². The van der Waals surface area contributed by atoms with Gasteiger partial charge < -0.3 is 0 Å². The van der Waals surface area contributed by atoms with E-state index in [-0.39, 0.29) is 5.88 Å². The number of hydrogen-bond donors (Lipinski definition) is 0. The predicted octanol–water partition coefficient (Wildman–Crippen LogP) is 3.18. The summed E-state index contributed by atoms with van der Waals surface area (Å²) in [5.74, 6) is -1.34. The Bertz CT molecular complexity index is 385. The first kappa shape index (κ1) is 13.3. The van der Waals surface area contributed by atoms with Crippen molar-refractivity contribution in [3.8, 4) is 0 Å². The van der Waals surface area contributed by atoms with Gasteiger partial charge in [-0.25, -0.2) is 0 Å². The van der Waals surface area contributed by atoms with E-state index >= 15 is 0 Å². The van der Waals surface area contributed by atoms with Gasteiger partial charge in [0.1, 0.15) is 0 Å². The van der Waals surface area contributed by atoms with E-state index in [0.717, 1.165) is 4.90 Å². The molecule has 1 aromatic carbocycles. The Labute approximate surface area is 104 Å². The zero-order valence-corrected chi connectivity index (χ0v) is 10.8. The fourth-order valence-corrected chi connectivity index (χ4v) is 2.14. The third-order valence-corrected chi connectivity index (χ3v) is 3.12.